The standard InChI is InChI=1S/C23H13Cl2NO5/c24-17-6-3-5-16(23(17)25)21-12-13-22(31-21)19(27)10-8-14-9-11-20(30-14)15-4-1-2-7-18(15)26(28)29/h1-13H/b10-8+. The third kappa shape index (κ3) is 4.30. The zero-order chi connectivity index (χ0) is 22.0. The molecule has 0 N–H and O–H groups in total. The van der Waals surface area contributed by atoms with E-state index < -0.39 is 4.92 Å². The molecule has 0 saturated heterocycles. The molecule has 0 fully saturated rings. The van der Waals surface area contributed by atoms with Crippen LogP contribution in [0, 0.1) is 10.1 Å². The molecule has 2 aromatic carbocycles. The zero-order valence-electron chi connectivity index (χ0n) is 15.7. The van der Waals surface area contributed by atoms with Crippen LogP contribution < -0.4 is 0 Å². The van der Waals surface area contributed by atoms with Crippen LogP contribution in [0.2, 0.25) is 10.0 Å². The fraction of sp³-hybridized carbons (Fsp3) is 0. The lowest BCUT2D eigenvalue weighted by Crippen LogP contribution is -1.90. The van der Waals surface area contributed by atoms with Crippen LogP contribution in [0.3, 0.4) is 0 Å². The van der Waals surface area contributed by atoms with E-state index in [4.69, 9.17) is 32.0 Å². The minimum atomic E-state index is -0.475. The lowest BCUT2D eigenvalue weighted by atomic mass is 10.1. The molecule has 154 valence electrons. The summed E-state index contributed by atoms with van der Waals surface area (Å²) in [6, 6.07) is 17.8. The number of halogens is 2. The molecule has 8 heteroatoms. The molecule has 4 aromatic rings. The van der Waals surface area contributed by atoms with E-state index in [-0.39, 0.29) is 17.2 Å². The quantitative estimate of drug-likeness (QED) is 0.132. The summed E-state index contributed by atoms with van der Waals surface area (Å²) in [6.07, 6.45) is 2.76. The van der Waals surface area contributed by atoms with Crippen LogP contribution in [0.4, 0.5) is 5.69 Å². The first-order valence-electron chi connectivity index (χ1n) is 9.04. The molecule has 0 aliphatic heterocycles. The van der Waals surface area contributed by atoms with Crippen molar-refractivity contribution in [3.05, 3.63) is 104 Å². The Hall–Kier alpha value is -3.61. The maximum Gasteiger partial charge on any atom is 0.280 e. The van der Waals surface area contributed by atoms with E-state index in [1.165, 1.54) is 18.2 Å². The minimum absolute atomic E-state index is 0.0637. The van der Waals surface area contributed by atoms with Crippen LogP contribution in [0.25, 0.3) is 28.7 Å². The van der Waals surface area contributed by atoms with Gasteiger partial charge in [0.05, 0.1) is 20.5 Å². The second-order valence-corrected chi connectivity index (χ2v) is 7.22. The summed E-state index contributed by atoms with van der Waals surface area (Å²) in [5.41, 5.74) is 0.871. The van der Waals surface area contributed by atoms with Gasteiger partial charge in [-0.15, -0.1) is 0 Å². The number of furan rings is 2. The highest BCUT2D eigenvalue weighted by Crippen LogP contribution is 2.34. The molecule has 0 aliphatic rings. The maximum absolute atomic E-state index is 12.5. The molecule has 4 rings (SSSR count). The van der Waals surface area contributed by atoms with E-state index in [1.54, 1.807) is 60.7 Å². The third-order valence-electron chi connectivity index (χ3n) is 4.46. The van der Waals surface area contributed by atoms with Gasteiger partial charge in [0.15, 0.2) is 5.76 Å². The molecule has 0 atom stereocenters. The molecule has 0 unspecified atom stereocenters. The van der Waals surface area contributed by atoms with Crippen LogP contribution in [0.15, 0.2) is 81.6 Å². The van der Waals surface area contributed by atoms with E-state index in [9.17, 15) is 14.9 Å². The van der Waals surface area contributed by atoms with E-state index >= 15 is 0 Å². The lowest BCUT2D eigenvalue weighted by Gasteiger charge is -2.01. The number of nitro groups is 1. The fourth-order valence-corrected chi connectivity index (χ4v) is 3.37. The molecule has 0 radical (unpaired) electrons. The molecule has 2 heterocycles. The number of allylic oxidation sites excluding steroid dienone is 1. The molecular formula is C23H13Cl2NO5. The maximum atomic E-state index is 12.5. The topological polar surface area (TPSA) is 86.5 Å². The van der Waals surface area contributed by atoms with Gasteiger partial charge in [0.25, 0.3) is 5.69 Å². The highest BCUT2D eigenvalue weighted by Gasteiger charge is 2.17. The molecule has 0 bridgehead atoms. The van der Waals surface area contributed by atoms with Gasteiger partial charge in [0, 0.05) is 11.6 Å². The van der Waals surface area contributed by atoms with Crippen molar-refractivity contribution < 1.29 is 18.6 Å². The van der Waals surface area contributed by atoms with E-state index in [1.807, 2.05) is 0 Å². The Labute approximate surface area is 186 Å². The normalized spacial score (nSPS) is 11.2. The van der Waals surface area contributed by atoms with Crippen LogP contribution >= 0.6 is 23.2 Å². The Kier molecular flexibility index (Phi) is 5.75. The van der Waals surface area contributed by atoms with Gasteiger partial charge in [-0.2, -0.15) is 0 Å². The minimum Gasteiger partial charge on any atom is -0.456 e. The Bertz CT molecular complexity index is 1320. The van der Waals surface area contributed by atoms with Gasteiger partial charge in [0.2, 0.25) is 5.78 Å². The second kappa shape index (κ2) is 8.63. The van der Waals surface area contributed by atoms with Gasteiger partial charge < -0.3 is 8.83 Å². The van der Waals surface area contributed by atoms with Gasteiger partial charge in [0.1, 0.15) is 17.3 Å². The number of nitrogens with zero attached hydrogens (tertiary/aromatic N) is 1. The molecule has 0 spiro atoms. The van der Waals surface area contributed by atoms with Crippen molar-refractivity contribution >= 4 is 40.7 Å². The van der Waals surface area contributed by atoms with Gasteiger partial charge in [-0.25, -0.2) is 0 Å². The summed E-state index contributed by atoms with van der Waals surface area (Å²) < 4.78 is 11.3. The van der Waals surface area contributed by atoms with Crippen LogP contribution in [0.1, 0.15) is 16.3 Å². The first-order valence-corrected chi connectivity index (χ1v) is 9.80. The number of hydrogen-bond donors (Lipinski definition) is 0. The Morgan fingerprint density at radius 3 is 2.39 bits per heavy atom. The van der Waals surface area contributed by atoms with E-state index in [0.717, 1.165) is 0 Å². The number of ketones is 1. The van der Waals surface area contributed by atoms with Gasteiger partial charge in [-0.05, 0) is 54.6 Å². The molecule has 0 amide bonds. The molecular weight excluding hydrogens is 441 g/mol. The summed E-state index contributed by atoms with van der Waals surface area (Å²) in [4.78, 5) is 23.2. The van der Waals surface area contributed by atoms with E-state index in [2.05, 4.69) is 0 Å². The van der Waals surface area contributed by atoms with Crippen molar-refractivity contribution in [1.29, 1.82) is 0 Å². The van der Waals surface area contributed by atoms with Crippen LogP contribution in [-0.2, 0) is 0 Å². The van der Waals surface area contributed by atoms with Crippen molar-refractivity contribution in [1.82, 2.24) is 0 Å². The summed E-state index contributed by atoms with van der Waals surface area (Å²) >= 11 is 12.2. The first kappa shape index (κ1) is 20.7. The summed E-state index contributed by atoms with van der Waals surface area (Å²) in [6.45, 7) is 0. The Morgan fingerprint density at radius 2 is 1.58 bits per heavy atom. The number of rotatable bonds is 6. The number of nitro benzene ring substituents is 1. The van der Waals surface area contributed by atoms with Crippen molar-refractivity contribution in [2.75, 3.05) is 0 Å². The van der Waals surface area contributed by atoms with Crippen molar-refractivity contribution in [2.24, 2.45) is 0 Å². The first-order chi connectivity index (χ1) is 14.9. The molecule has 0 saturated carbocycles. The predicted octanol–water partition coefficient (Wildman–Crippen LogP) is 7.32. The van der Waals surface area contributed by atoms with Crippen molar-refractivity contribution in [3.8, 4) is 22.6 Å². The molecule has 6 nitrogen and oxygen atoms in total. The number of carbonyl (C=O) groups is 1. The monoisotopic (exact) mass is 453 g/mol. The number of hydrogen-bond acceptors (Lipinski definition) is 5. The van der Waals surface area contributed by atoms with Crippen LogP contribution in [-0.4, -0.2) is 10.7 Å². The van der Waals surface area contributed by atoms with Gasteiger partial charge >= 0.3 is 0 Å². The summed E-state index contributed by atoms with van der Waals surface area (Å²) in [5.74, 6) is 0.850. The van der Waals surface area contributed by atoms with Crippen molar-refractivity contribution in [2.45, 2.75) is 0 Å². The smallest absolute Gasteiger partial charge is 0.280 e. The SMILES string of the molecule is O=C(/C=C/c1ccc(-c2ccccc2[N+](=O)[O-])o1)c1ccc(-c2cccc(Cl)c2Cl)o1. The zero-order valence-corrected chi connectivity index (χ0v) is 17.3. The highest BCUT2D eigenvalue weighted by atomic mass is 35.5. The van der Waals surface area contributed by atoms with Gasteiger partial charge in [-0.1, -0.05) is 41.4 Å². The molecule has 31 heavy (non-hydrogen) atoms. The highest BCUT2D eigenvalue weighted by molar-refractivity contribution is 6.43. The average Bonchev–Trinajstić information content (AvgIpc) is 3.44. The predicted molar refractivity (Wildman–Crippen MR) is 118 cm³/mol. The third-order valence-corrected chi connectivity index (χ3v) is 5.28. The number of para-hydroxylation sites is 1. The van der Waals surface area contributed by atoms with E-state index in [0.29, 0.717) is 38.5 Å². The second-order valence-electron chi connectivity index (χ2n) is 6.44. The fourth-order valence-electron chi connectivity index (χ4n) is 2.98. The Balaban J connectivity index is 1.53. The summed E-state index contributed by atoms with van der Waals surface area (Å²) in [5, 5.41) is 11.9. The Morgan fingerprint density at radius 1 is 0.871 bits per heavy atom. The van der Waals surface area contributed by atoms with Gasteiger partial charge in [-0.3, -0.25) is 14.9 Å². The molecule has 2 aromatic heterocycles. The van der Waals surface area contributed by atoms with Crippen molar-refractivity contribution in [3.63, 3.8) is 0 Å². The number of benzene rings is 2. The molecule has 0 aliphatic carbocycles. The summed E-state index contributed by atoms with van der Waals surface area (Å²) in [7, 11) is 0. The largest absolute Gasteiger partial charge is 0.456 e. The van der Waals surface area contributed by atoms with Crippen LogP contribution in [0.5, 0.6) is 0 Å². The lowest BCUT2D eigenvalue weighted by molar-refractivity contribution is -0.384. The number of carbonyl (C=O) groups excluding carboxylic acids is 1. The average molecular weight is 454 g/mol.